The number of halogens is 1. The van der Waals surface area contributed by atoms with Crippen molar-refractivity contribution in [3.8, 4) is 0 Å². The zero-order chi connectivity index (χ0) is 15.5. The lowest BCUT2D eigenvalue weighted by Gasteiger charge is -2.19. The van der Waals surface area contributed by atoms with Crippen LogP contribution >= 0.6 is 12.4 Å². The largest absolute Gasteiger partial charge is 0.356 e. The maximum Gasteiger partial charge on any atom is 0.325 e. The van der Waals surface area contributed by atoms with E-state index in [0.717, 1.165) is 12.8 Å². The van der Waals surface area contributed by atoms with E-state index >= 15 is 0 Å². The van der Waals surface area contributed by atoms with E-state index < -0.39 is 5.54 Å². The van der Waals surface area contributed by atoms with E-state index in [2.05, 4.69) is 10.6 Å². The van der Waals surface area contributed by atoms with Gasteiger partial charge < -0.3 is 16.4 Å². The highest BCUT2D eigenvalue weighted by Gasteiger charge is 2.52. The van der Waals surface area contributed by atoms with Crippen molar-refractivity contribution in [1.82, 2.24) is 15.5 Å². The molecule has 0 bridgehead atoms. The lowest BCUT2D eigenvalue weighted by atomic mass is 9.98. The Balaban J connectivity index is 0.00000242. The fraction of sp³-hybridized carbons (Fsp3) is 0.786. The Hall–Kier alpha value is -1.34. The van der Waals surface area contributed by atoms with Crippen LogP contribution in [0.25, 0.3) is 0 Å². The molecule has 2 rings (SSSR count). The van der Waals surface area contributed by atoms with Crippen LogP contribution in [0.5, 0.6) is 0 Å². The van der Waals surface area contributed by atoms with Crippen LogP contribution in [-0.4, -0.2) is 47.4 Å². The average molecular weight is 333 g/mol. The van der Waals surface area contributed by atoms with Gasteiger partial charge in [-0.05, 0) is 26.2 Å². The fourth-order valence-corrected chi connectivity index (χ4v) is 2.94. The molecule has 126 valence electrons. The van der Waals surface area contributed by atoms with Crippen LogP contribution in [0.3, 0.4) is 0 Å². The average Bonchev–Trinajstić information content (AvgIpc) is 2.95. The molecule has 1 unspecified atom stereocenters. The zero-order valence-electron chi connectivity index (χ0n) is 12.9. The summed E-state index contributed by atoms with van der Waals surface area (Å²) in [6, 6.07) is -0.330. The number of hydrogen-bond donors (Lipinski definition) is 3. The van der Waals surface area contributed by atoms with Crippen LogP contribution in [0.1, 0.15) is 45.4 Å². The molecule has 0 aromatic rings. The first-order chi connectivity index (χ1) is 9.94. The van der Waals surface area contributed by atoms with Crippen LogP contribution in [0.2, 0.25) is 0 Å². The number of amides is 4. The third-order valence-electron chi connectivity index (χ3n) is 4.19. The molecule has 1 aliphatic carbocycles. The Bertz CT molecular complexity index is 436. The third kappa shape index (κ3) is 4.10. The van der Waals surface area contributed by atoms with E-state index in [0.29, 0.717) is 25.8 Å². The van der Waals surface area contributed by atoms with Crippen molar-refractivity contribution in [2.24, 2.45) is 5.73 Å². The highest BCUT2D eigenvalue weighted by Crippen LogP contribution is 2.34. The lowest BCUT2D eigenvalue weighted by Crippen LogP contribution is -2.44. The summed E-state index contributed by atoms with van der Waals surface area (Å²) in [5, 5.41) is 5.54. The number of rotatable bonds is 6. The third-order valence-corrected chi connectivity index (χ3v) is 4.19. The number of carbonyl (C=O) groups is 3. The molecule has 4 amide bonds. The van der Waals surface area contributed by atoms with Crippen molar-refractivity contribution in [2.45, 2.75) is 57.0 Å². The van der Waals surface area contributed by atoms with E-state index in [4.69, 9.17) is 5.73 Å². The summed E-state index contributed by atoms with van der Waals surface area (Å²) in [6.07, 6.45) is 4.16. The van der Waals surface area contributed by atoms with E-state index in [9.17, 15) is 14.4 Å². The van der Waals surface area contributed by atoms with Gasteiger partial charge in [0, 0.05) is 25.6 Å². The number of nitrogens with one attached hydrogen (secondary N) is 2. The molecule has 1 atom stereocenters. The second-order valence-corrected chi connectivity index (χ2v) is 6.04. The monoisotopic (exact) mass is 332 g/mol. The summed E-state index contributed by atoms with van der Waals surface area (Å²) in [7, 11) is 0. The molecule has 1 saturated carbocycles. The molecular formula is C14H25ClN4O3. The topological polar surface area (TPSA) is 105 Å². The van der Waals surface area contributed by atoms with Gasteiger partial charge in [0.25, 0.3) is 5.91 Å². The summed E-state index contributed by atoms with van der Waals surface area (Å²) in [5.41, 5.74) is 4.91. The highest BCUT2D eigenvalue weighted by molar-refractivity contribution is 6.07. The Labute approximate surface area is 136 Å². The second-order valence-electron chi connectivity index (χ2n) is 6.04. The number of hydrogen-bond acceptors (Lipinski definition) is 4. The number of imide groups is 1. The van der Waals surface area contributed by atoms with Crippen molar-refractivity contribution >= 4 is 30.3 Å². The second kappa shape index (κ2) is 7.78. The number of carbonyl (C=O) groups excluding carboxylic acids is 3. The highest BCUT2D eigenvalue weighted by atomic mass is 35.5. The Morgan fingerprint density at radius 2 is 2.05 bits per heavy atom. The summed E-state index contributed by atoms with van der Waals surface area (Å²) < 4.78 is 0. The van der Waals surface area contributed by atoms with Crippen LogP contribution in [0.4, 0.5) is 4.79 Å². The van der Waals surface area contributed by atoms with Gasteiger partial charge >= 0.3 is 6.03 Å². The van der Waals surface area contributed by atoms with Gasteiger partial charge in [0.1, 0.15) is 5.54 Å². The minimum Gasteiger partial charge on any atom is -0.356 e. The van der Waals surface area contributed by atoms with E-state index in [1.807, 2.05) is 6.92 Å². The summed E-state index contributed by atoms with van der Waals surface area (Å²) in [4.78, 5) is 37.1. The summed E-state index contributed by atoms with van der Waals surface area (Å²) in [5.74, 6) is -0.336. The van der Waals surface area contributed by atoms with Crippen LogP contribution in [0.15, 0.2) is 0 Å². The van der Waals surface area contributed by atoms with Gasteiger partial charge in [-0.25, -0.2) is 4.79 Å². The molecule has 2 aliphatic rings. The summed E-state index contributed by atoms with van der Waals surface area (Å²) in [6.45, 7) is 2.53. The van der Waals surface area contributed by atoms with E-state index in [1.165, 1.54) is 4.90 Å². The molecule has 0 aromatic heterocycles. The van der Waals surface area contributed by atoms with Crippen molar-refractivity contribution in [3.63, 3.8) is 0 Å². The van der Waals surface area contributed by atoms with E-state index in [1.54, 1.807) is 0 Å². The zero-order valence-corrected chi connectivity index (χ0v) is 13.7. The molecule has 4 N–H and O–H groups in total. The van der Waals surface area contributed by atoms with Crippen molar-refractivity contribution < 1.29 is 14.4 Å². The molecule has 1 heterocycles. The normalized spacial score (nSPS) is 20.7. The van der Waals surface area contributed by atoms with Crippen LogP contribution < -0.4 is 16.4 Å². The summed E-state index contributed by atoms with van der Waals surface area (Å²) >= 11 is 0. The number of nitrogens with zero attached hydrogens (tertiary/aromatic N) is 1. The molecule has 0 radical (unpaired) electrons. The predicted octanol–water partition coefficient (Wildman–Crippen LogP) is 0.516. The SMILES string of the molecule is CC(N)CCNC(=O)CCN1C(=O)NC2(CCCC2)C1=O.Cl. The minimum atomic E-state index is -0.692. The molecular weight excluding hydrogens is 308 g/mol. The fourth-order valence-electron chi connectivity index (χ4n) is 2.94. The van der Waals surface area contributed by atoms with Gasteiger partial charge in [0.05, 0.1) is 0 Å². The van der Waals surface area contributed by atoms with E-state index in [-0.39, 0.29) is 49.3 Å². The van der Waals surface area contributed by atoms with Crippen LogP contribution in [-0.2, 0) is 9.59 Å². The van der Waals surface area contributed by atoms with Crippen molar-refractivity contribution in [2.75, 3.05) is 13.1 Å². The van der Waals surface area contributed by atoms with Gasteiger partial charge in [-0.2, -0.15) is 0 Å². The maximum absolute atomic E-state index is 12.4. The van der Waals surface area contributed by atoms with Crippen molar-refractivity contribution in [1.29, 1.82) is 0 Å². The van der Waals surface area contributed by atoms with Crippen LogP contribution in [0, 0.1) is 0 Å². The van der Waals surface area contributed by atoms with Gasteiger partial charge in [0.15, 0.2) is 0 Å². The first-order valence-electron chi connectivity index (χ1n) is 7.61. The standard InChI is InChI=1S/C14H24N4O3.ClH/c1-10(15)4-8-16-11(19)5-9-18-12(20)14(17-13(18)21)6-2-3-7-14;/h10H,2-9,15H2,1H3,(H,16,19)(H,17,21);1H. The molecule has 1 saturated heterocycles. The molecule has 1 spiro atoms. The number of urea groups is 1. The Morgan fingerprint density at radius 1 is 1.41 bits per heavy atom. The predicted molar refractivity (Wildman–Crippen MR) is 84.6 cm³/mol. The maximum atomic E-state index is 12.4. The van der Waals surface area contributed by atoms with Gasteiger partial charge in [-0.15, -0.1) is 12.4 Å². The first-order valence-corrected chi connectivity index (χ1v) is 7.61. The molecule has 22 heavy (non-hydrogen) atoms. The van der Waals surface area contributed by atoms with Gasteiger partial charge in [-0.1, -0.05) is 12.8 Å². The molecule has 8 heteroatoms. The molecule has 1 aliphatic heterocycles. The smallest absolute Gasteiger partial charge is 0.325 e. The first kappa shape index (κ1) is 18.7. The lowest BCUT2D eigenvalue weighted by molar-refractivity contribution is -0.131. The van der Waals surface area contributed by atoms with Gasteiger partial charge in [-0.3, -0.25) is 14.5 Å². The van der Waals surface area contributed by atoms with Gasteiger partial charge in [0.2, 0.25) is 5.91 Å². The molecule has 2 fully saturated rings. The number of nitrogens with two attached hydrogens (primary N) is 1. The van der Waals surface area contributed by atoms with Crippen molar-refractivity contribution in [3.05, 3.63) is 0 Å². The Morgan fingerprint density at radius 3 is 2.64 bits per heavy atom. The molecule has 0 aromatic carbocycles. The minimum absolute atomic E-state index is 0. The quantitative estimate of drug-likeness (QED) is 0.616. The molecule has 7 nitrogen and oxygen atoms in total. The Kier molecular flexibility index (Phi) is 6.62.